The molecule has 0 amide bonds. The summed E-state index contributed by atoms with van der Waals surface area (Å²) in [5.41, 5.74) is 0.110. The molecule has 0 aliphatic heterocycles. The van der Waals surface area contributed by atoms with Crippen LogP contribution in [0.2, 0.25) is 0 Å². The van der Waals surface area contributed by atoms with Gasteiger partial charge in [0, 0.05) is 25.6 Å². The first-order chi connectivity index (χ1) is 9.78. The van der Waals surface area contributed by atoms with Gasteiger partial charge in [-0.05, 0) is 24.1 Å². The van der Waals surface area contributed by atoms with Crippen LogP contribution in [0.3, 0.4) is 0 Å². The van der Waals surface area contributed by atoms with E-state index in [1.807, 2.05) is 13.8 Å². The lowest BCUT2D eigenvalue weighted by molar-refractivity contribution is 0.305. The van der Waals surface area contributed by atoms with E-state index < -0.39 is 15.8 Å². The molecule has 0 aliphatic carbocycles. The van der Waals surface area contributed by atoms with Gasteiger partial charge in [0.25, 0.3) is 0 Å². The quantitative estimate of drug-likeness (QED) is 0.844. The average Bonchev–Trinajstić information content (AvgIpc) is 2.38. The van der Waals surface area contributed by atoms with Crippen LogP contribution in [0.15, 0.2) is 23.1 Å². The number of sulfonamides is 1. The Labute approximate surface area is 125 Å². The normalized spacial score (nSPS) is 11.6. The van der Waals surface area contributed by atoms with E-state index in [-0.39, 0.29) is 29.4 Å². The number of rotatable bonds is 5. The molecule has 0 fully saturated rings. The highest BCUT2D eigenvalue weighted by Crippen LogP contribution is 2.20. The zero-order valence-electron chi connectivity index (χ0n) is 12.4. The smallest absolute Gasteiger partial charge is 0.244 e. The van der Waals surface area contributed by atoms with Gasteiger partial charge in [-0.25, -0.2) is 17.1 Å². The molecule has 0 saturated carbocycles. The Balaban J connectivity index is 3.26. The van der Waals surface area contributed by atoms with E-state index in [1.54, 1.807) is 0 Å². The van der Waals surface area contributed by atoms with Gasteiger partial charge in [-0.3, -0.25) is 0 Å². The minimum Gasteiger partial charge on any atom is -0.395 e. The van der Waals surface area contributed by atoms with Crippen LogP contribution in [0.5, 0.6) is 0 Å². The molecular weight excluding hydrogens is 293 g/mol. The Morgan fingerprint density at radius 1 is 1.38 bits per heavy atom. The molecule has 1 rings (SSSR count). The number of aliphatic hydroxyl groups excluding tert-OH is 1. The lowest BCUT2D eigenvalue weighted by atomic mass is 10.2. The number of hydrogen-bond donors (Lipinski definition) is 1. The SMILES string of the molecule is CC(C)CN(C)S(=O)(=O)c1ccc(F)cc1C#CCCO. The molecule has 1 aromatic carbocycles. The van der Waals surface area contributed by atoms with E-state index in [2.05, 4.69) is 11.8 Å². The van der Waals surface area contributed by atoms with Crippen LogP contribution in [0.25, 0.3) is 0 Å². The number of nitrogens with zero attached hydrogens (tertiary/aromatic N) is 1. The molecule has 21 heavy (non-hydrogen) atoms. The molecular formula is C15H20FNO3S. The predicted molar refractivity (Wildman–Crippen MR) is 79.6 cm³/mol. The third-order valence-corrected chi connectivity index (χ3v) is 4.59. The van der Waals surface area contributed by atoms with Gasteiger partial charge < -0.3 is 5.11 Å². The molecule has 0 spiro atoms. The van der Waals surface area contributed by atoms with Crippen LogP contribution < -0.4 is 0 Å². The summed E-state index contributed by atoms with van der Waals surface area (Å²) in [7, 11) is -2.23. The Hall–Kier alpha value is -1.42. The van der Waals surface area contributed by atoms with Crippen molar-refractivity contribution in [3.63, 3.8) is 0 Å². The molecule has 0 radical (unpaired) electrons. The summed E-state index contributed by atoms with van der Waals surface area (Å²) < 4.78 is 39.6. The van der Waals surface area contributed by atoms with Crippen LogP contribution in [0.1, 0.15) is 25.8 Å². The number of halogens is 1. The summed E-state index contributed by atoms with van der Waals surface area (Å²) in [5, 5.41) is 8.71. The molecule has 6 heteroatoms. The minimum absolute atomic E-state index is 0.0162. The zero-order chi connectivity index (χ0) is 16.0. The number of hydrogen-bond acceptors (Lipinski definition) is 3. The first kappa shape index (κ1) is 17.6. The molecule has 1 N–H and O–H groups in total. The van der Waals surface area contributed by atoms with Crippen molar-refractivity contribution in [2.24, 2.45) is 5.92 Å². The number of aliphatic hydroxyl groups is 1. The second-order valence-corrected chi connectivity index (χ2v) is 7.11. The summed E-state index contributed by atoms with van der Waals surface area (Å²) in [5.74, 6) is 4.86. The lowest BCUT2D eigenvalue weighted by Gasteiger charge is -2.20. The van der Waals surface area contributed by atoms with E-state index in [9.17, 15) is 12.8 Å². The highest BCUT2D eigenvalue weighted by Gasteiger charge is 2.24. The van der Waals surface area contributed by atoms with E-state index in [0.29, 0.717) is 6.54 Å². The summed E-state index contributed by atoms with van der Waals surface area (Å²) in [6.07, 6.45) is 0.206. The second kappa shape index (κ2) is 7.55. The minimum atomic E-state index is -3.72. The maximum absolute atomic E-state index is 13.3. The van der Waals surface area contributed by atoms with Crippen molar-refractivity contribution < 1.29 is 17.9 Å². The summed E-state index contributed by atoms with van der Waals surface area (Å²) in [6.45, 7) is 4.07. The van der Waals surface area contributed by atoms with E-state index >= 15 is 0 Å². The van der Waals surface area contributed by atoms with E-state index in [0.717, 1.165) is 12.1 Å². The lowest BCUT2D eigenvalue weighted by Crippen LogP contribution is -2.31. The van der Waals surface area contributed by atoms with Gasteiger partial charge in [-0.2, -0.15) is 0 Å². The molecule has 4 nitrogen and oxygen atoms in total. The molecule has 0 aromatic heterocycles. The van der Waals surface area contributed by atoms with Crippen LogP contribution in [0.4, 0.5) is 4.39 Å². The predicted octanol–water partition coefficient (Wildman–Crippen LogP) is 1.84. The van der Waals surface area contributed by atoms with E-state index in [1.165, 1.54) is 17.4 Å². The monoisotopic (exact) mass is 313 g/mol. The maximum Gasteiger partial charge on any atom is 0.244 e. The van der Waals surface area contributed by atoms with Gasteiger partial charge in [0.1, 0.15) is 5.82 Å². The molecule has 0 saturated heterocycles. The standard InChI is InChI=1S/C15H20FNO3S/c1-12(2)11-17(3)21(19,20)15-8-7-14(16)10-13(15)6-4-5-9-18/h7-8,10,12,18H,5,9,11H2,1-3H3. The fourth-order valence-corrected chi connectivity index (χ4v) is 3.28. The highest BCUT2D eigenvalue weighted by molar-refractivity contribution is 7.89. The fraction of sp³-hybridized carbons (Fsp3) is 0.467. The summed E-state index contributed by atoms with van der Waals surface area (Å²) >= 11 is 0. The van der Waals surface area contributed by atoms with Crippen molar-refractivity contribution >= 4 is 10.0 Å². The van der Waals surface area contributed by atoms with Crippen molar-refractivity contribution in [1.82, 2.24) is 4.31 Å². The Kier molecular flexibility index (Phi) is 6.34. The van der Waals surface area contributed by atoms with Crippen LogP contribution in [0, 0.1) is 23.6 Å². The first-order valence-corrected chi connectivity index (χ1v) is 8.08. The van der Waals surface area contributed by atoms with Crippen molar-refractivity contribution in [3.8, 4) is 11.8 Å². The van der Waals surface area contributed by atoms with E-state index in [4.69, 9.17) is 5.11 Å². The Morgan fingerprint density at radius 3 is 2.62 bits per heavy atom. The Bertz CT molecular complexity index is 645. The van der Waals surface area contributed by atoms with Crippen LogP contribution in [-0.2, 0) is 10.0 Å². The maximum atomic E-state index is 13.3. The molecule has 116 valence electrons. The molecule has 0 atom stereocenters. The van der Waals surface area contributed by atoms with Crippen molar-refractivity contribution in [2.45, 2.75) is 25.2 Å². The van der Waals surface area contributed by atoms with Crippen molar-refractivity contribution in [3.05, 3.63) is 29.6 Å². The third kappa shape index (κ3) is 4.81. The first-order valence-electron chi connectivity index (χ1n) is 6.64. The number of benzene rings is 1. The van der Waals surface area contributed by atoms with Crippen LogP contribution >= 0.6 is 0 Å². The van der Waals surface area contributed by atoms with Gasteiger partial charge >= 0.3 is 0 Å². The van der Waals surface area contributed by atoms with Gasteiger partial charge in [0.15, 0.2) is 0 Å². The summed E-state index contributed by atoms with van der Waals surface area (Å²) in [4.78, 5) is -0.0162. The Morgan fingerprint density at radius 2 is 2.05 bits per heavy atom. The van der Waals surface area contributed by atoms with Crippen molar-refractivity contribution in [2.75, 3.05) is 20.2 Å². The van der Waals surface area contributed by atoms with Gasteiger partial charge in [-0.15, -0.1) is 0 Å². The molecule has 1 aromatic rings. The van der Waals surface area contributed by atoms with Crippen LogP contribution in [-0.4, -0.2) is 38.0 Å². The second-order valence-electron chi connectivity index (χ2n) is 5.10. The average molecular weight is 313 g/mol. The summed E-state index contributed by atoms with van der Waals surface area (Å²) in [6, 6.07) is 3.43. The van der Waals surface area contributed by atoms with Gasteiger partial charge in [0.05, 0.1) is 11.5 Å². The molecule has 0 heterocycles. The highest BCUT2D eigenvalue weighted by atomic mass is 32.2. The third-order valence-electron chi connectivity index (χ3n) is 2.71. The van der Waals surface area contributed by atoms with Crippen molar-refractivity contribution in [1.29, 1.82) is 0 Å². The molecule has 0 bridgehead atoms. The molecule has 0 aliphatic rings. The zero-order valence-corrected chi connectivity index (χ0v) is 13.2. The van der Waals surface area contributed by atoms with Gasteiger partial charge in [-0.1, -0.05) is 25.7 Å². The largest absolute Gasteiger partial charge is 0.395 e. The fourth-order valence-electron chi connectivity index (χ4n) is 1.82. The topological polar surface area (TPSA) is 57.6 Å². The molecule has 0 unspecified atom stereocenters. The van der Waals surface area contributed by atoms with Gasteiger partial charge in [0.2, 0.25) is 10.0 Å².